The maximum absolute atomic E-state index is 12.8. The molecule has 2 unspecified atom stereocenters. The monoisotopic (exact) mass is 357 g/mol. The molecule has 0 radical (unpaired) electrons. The summed E-state index contributed by atoms with van der Waals surface area (Å²) >= 11 is 0. The lowest BCUT2D eigenvalue weighted by molar-refractivity contribution is -0.137. The quantitative estimate of drug-likeness (QED) is 0.726. The van der Waals surface area contributed by atoms with Crippen LogP contribution in [-0.2, 0) is 19.6 Å². The Bertz CT molecular complexity index is 615. The minimum atomic E-state index is -3.24. The van der Waals surface area contributed by atoms with Gasteiger partial charge in [-0.3, -0.25) is 9.59 Å². The summed E-state index contributed by atoms with van der Waals surface area (Å²) in [6.45, 7) is 3.50. The molecule has 3 rings (SSSR count). The maximum Gasteiger partial charge on any atom is 0.228 e. The highest BCUT2D eigenvalue weighted by Gasteiger charge is 2.41. The minimum absolute atomic E-state index is 0.00356. The second-order valence-corrected chi connectivity index (χ2v) is 9.33. The van der Waals surface area contributed by atoms with Crippen molar-refractivity contribution in [1.82, 2.24) is 14.1 Å². The third kappa shape index (κ3) is 3.44. The van der Waals surface area contributed by atoms with Crippen molar-refractivity contribution >= 4 is 21.8 Å². The highest BCUT2D eigenvalue weighted by atomic mass is 32.2. The third-order valence-corrected chi connectivity index (χ3v) is 6.97. The van der Waals surface area contributed by atoms with Crippen molar-refractivity contribution in [3.05, 3.63) is 0 Å². The molecule has 2 aliphatic heterocycles. The summed E-state index contributed by atoms with van der Waals surface area (Å²) in [5.74, 6) is -0.165. The van der Waals surface area contributed by atoms with Crippen LogP contribution in [0.3, 0.4) is 0 Å². The summed E-state index contributed by atoms with van der Waals surface area (Å²) in [7, 11) is -3.24. The van der Waals surface area contributed by atoms with Crippen molar-refractivity contribution in [2.45, 2.75) is 51.1 Å². The summed E-state index contributed by atoms with van der Waals surface area (Å²) < 4.78 is 24.9. The first-order valence-electron chi connectivity index (χ1n) is 8.82. The van der Waals surface area contributed by atoms with Crippen LogP contribution in [0.1, 0.15) is 39.0 Å². The van der Waals surface area contributed by atoms with E-state index in [0.717, 1.165) is 25.7 Å². The molecule has 2 amide bonds. The summed E-state index contributed by atoms with van der Waals surface area (Å²) in [6.07, 6.45) is 5.94. The number of nitrogens with zero attached hydrogens (tertiary/aromatic N) is 3. The predicted molar refractivity (Wildman–Crippen MR) is 89.7 cm³/mol. The zero-order valence-corrected chi connectivity index (χ0v) is 15.3. The van der Waals surface area contributed by atoms with Crippen molar-refractivity contribution in [3.63, 3.8) is 0 Å². The van der Waals surface area contributed by atoms with Gasteiger partial charge in [-0.1, -0.05) is 12.8 Å². The molecule has 3 aliphatic rings. The van der Waals surface area contributed by atoms with Crippen molar-refractivity contribution < 1.29 is 18.0 Å². The Labute approximate surface area is 144 Å². The fourth-order valence-electron chi connectivity index (χ4n) is 4.36. The van der Waals surface area contributed by atoms with Crippen LogP contribution in [0, 0.1) is 5.92 Å². The average molecular weight is 357 g/mol. The van der Waals surface area contributed by atoms with Gasteiger partial charge >= 0.3 is 0 Å². The Morgan fingerprint density at radius 3 is 2.38 bits per heavy atom. The van der Waals surface area contributed by atoms with E-state index in [1.165, 1.54) is 10.6 Å². The molecule has 0 aromatic carbocycles. The molecule has 0 N–H and O–H groups in total. The Morgan fingerprint density at radius 2 is 1.79 bits per heavy atom. The maximum atomic E-state index is 12.8. The standard InChI is InChI=1S/C16H27N3O4S/c1-12-10-17(7-8-19(12)24(2,22)23)16(21)13-9-15(20)18(11-13)14-5-3-4-6-14/h12-14H,3-11H2,1-2H3. The molecule has 0 aromatic heterocycles. The topological polar surface area (TPSA) is 78.0 Å². The van der Waals surface area contributed by atoms with Gasteiger partial charge in [-0.05, 0) is 19.8 Å². The number of hydrogen-bond donors (Lipinski definition) is 0. The van der Waals surface area contributed by atoms with Gasteiger partial charge in [0.05, 0.1) is 12.2 Å². The smallest absolute Gasteiger partial charge is 0.228 e. The summed E-state index contributed by atoms with van der Waals surface area (Å²) in [5, 5.41) is 0. The van der Waals surface area contributed by atoms with E-state index in [-0.39, 0.29) is 23.8 Å². The van der Waals surface area contributed by atoms with Crippen LogP contribution in [0.5, 0.6) is 0 Å². The number of rotatable bonds is 3. The van der Waals surface area contributed by atoms with Crippen LogP contribution in [0.4, 0.5) is 0 Å². The van der Waals surface area contributed by atoms with Gasteiger partial charge in [0.2, 0.25) is 21.8 Å². The van der Waals surface area contributed by atoms with E-state index < -0.39 is 10.0 Å². The Morgan fingerprint density at radius 1 is 1.12 bits per heavy atom. The molecule has 136 valence electrons. The minimum Gasteiger partial charge on any atom is -0.339 e. The van der Waals surface area contributed by atoms with E-state index in [2.05, 4.69) is 0 Å². The molecular formula is C16H27N3O4S. The lowest BCUT2D eigenvalue weighted by Crippen LogP contribution is -2.56. The highest BCUT2D eigenvalue weighted by Crippen LogP contribution is 2.30. The Hall–Kier alpha value is -1.15. The second-order valence-electron chi connectivity index (χ2n) is 7.39. The van der Waals surface area contributed by atoms with Crippen LogP contribution in [0.2, 0.25) is 0 Å². The molecule has 2 heterocycles. The number of carbonyl (C=O) groups excluding carboxylic acids is 2. The molecule has 0 aromatic rings. The van der Waals surface area contributed by atoms with Crippen molar-refractivity contribution in [3.8, 4) is 0 Å². The first kappa shape index (κ1) is 17.7. The van der Waals surface area contributed by atoms with Gasteiger partial charge in [0.25, 0.3) is 0 Å². The molecule has 0 spiro atoms. The average Bonchev–Trinajstić information content (AvgIpc) is 3.14. The molecule has 3 fully saturated rings. The van der Waals surface area contributed by atoms with Crippen LogP contribution in [0.25, 0.3) is 0 Å². The molecular weight excluding hydrogens is 330 g/mol. The normalized spacial score (nSPS) is 30.3. The molecule has 2 saturated heterocycles. The largest absolute Gasteiger partial charge is 0.339 e. The molecule has 7 nitrogen and oxygen atoms in total. The van der Waals surface area contributed by atoms with Crippen LogP contribution < -0.4 is 0 Å². The van der Waals surface area contributed by atoms with Gasteiger partial charge in [0.1, 0.15) is 0 Å². The number of sulfonamides is 1. The Balaban J connectivity index is 1.60. The Kier molecular flexibility index (Phi) is 4.88. The van der Waals surface area contributed by atoms with Gasteiger partial charge < -0.3 is 9.80 Å². The van der Waals surface area contributed by atoms with Crippen molar-refractivity contribution in [2.24, 2.45) is 5.92 Å². The van der Waals surface area contributed by atoms with E-state index in [0.29, 0.717) is 38.6 Å². The molecule has 24 heavy (non-hydrogen) atoms. The summed E-state index contributed by atoms with van der Waals surface area (Å²) in [5.41, 5.74) is 0. The summed E-state index contributed by atoms with van der Waals surface area (Å²) in [4.78, 5) is 28.7. The van der Waals surface area contributed by atoms with Crippen LogP contribution in [0.15, 0.2) is 0 Å². The number of amides is 2. The molecule has 1 aliphatic carbocycles. The molecule has 0 bridgehead atoms. The highest BCUT2D eigenvalue weighted by molar-refractivity contribution is 7.88. The molecule has 2 atom stereocenters. The van der Waals surface area contributed by atoms with Gasteiger partial charge in [0.15, 0.2) is 0 Å². The van der Waals surface area contributed by atoms with E-state index in [1.54, 1.807) is 4.90 Å². The number of hydrogen-bond acceptors (Lipinski definition) is 4. The van der Waals surface area contributed by atoms with Gasteiger partial charge in [0, 0.05) is 44.7 Å². The number of piperazine rings is 1. The van der Waals surface area contributed by atoms with Crippen molar-refractivity contribution in [1.29, 1.82) is 0 Å². The fraction of sp³-hybridized carbons (Fsp3) is 0.875. The first-order chi connectivity index (χ1) is 11.3. The van der Waals surface area contributed by atoms with E-state index in [4.69, 9.17) is 0 Å². The lowest BCUT2D eigenvalue weighted by atomic mass is 10.1. The first-order valence-corrected chi connectivity index (χ1v) is 10.7. The second kappa shape index (κ2) is 6.63. The van der Waals surface area contributed by atoms with Gasteiger partial charge in [-0.15, -0.1) is 0 Å². The number of carbonyl (C=O) groups is 2. The SMILES string of the molecule is CC1CN(C(=O)C2CC(=O)N(C3CCCC3)C2)CCN1S(C)(=O)=O. The third-order valence-electron chi connectivity index (χ3n) is 5.58. The van der Waals surface area contributed by atoms with E-state index >= 15 is 0 Å². The zero-order chi connectivity index (χ0) is 17.5. The van der Waals surface area contributed by atoms with Crippen LogP contribution >= 0.6 is 0 Å². The van der Waals surface area contributed by atoms with Crippen LogP contribution in [-0.4, -0.2) is 78.9 Å². The summed E-state index contributed by atoms with van der Waals surface area (Å²) in [6, 6.07) is 0.0945. The van der Waals surface area contributed by atoms with E-state index in [1.807, 2.05) is 11.8 Å². The lowest BCUT2D eigenvalue weighted by Gasteiger charge is -2.39. The molecule has 1 saturated carbocycles. The predicted octanol–water partition coefficient (Wildman–Crippen LogP) is 0.270. The van der Waals surface area contributed by atoms with Gasteiger partial charge in [-0.2, -0.15) is 4.31 Å². The van der Waals surface area contributed by atoms with Crippen molar-refractivity contribution in [2.75, 3.05) is 32.4 Å². The number of likely N-dealkylation sites (tertiary alicyclic amines) is 1. The molecule has 8 heteroatoms. The van der Waals surface area contributed by atoms with Gasteiger partial charge in [-0.25, -0.2) is 8.42 Å². The zero-order valence-electron chi connectivity index (χ0n) is 14.5. The van der Waals surface area contributed by atoms with E-state index in [9.17, 15) is 18.0 Å². The fourth-order valence-corrected chi connectivity index (χ4v) is 5.49.